The number of benzene rings is 4. The molecule has 0 unspecified atom stereocenters. The van der Waals surface area contributed by atoms with Crippen LogP contribution in [-0.2, 0) is 73.8 Å². The first-order valence-corrected chi connectivity index (χ1v) is 47.5. The average molecular weight is 1800 g/mol. The van der Waals surface area contributed by atoms with Crippen LogP contribution in [0.15, 0.2) is 127 Å². The molecular formula is C80H116B2IN10O19P3S. The zero-order valence-corrected chi connectivity index (χ0v) is 75.2. The summed E-state index contributed by atoms with van der Waals surface area (Å²) in [5.41, 5.74) is 17.2. The number of aromatic hydroxyl groups is 1. The normalized spacial score (nSPS) is 20.1. The number of hydrogen-bond donors (Lipinski definition) is 3. The van der Waals surface area contributed by atoms with E-state index in [2.05, 4.69) is 73.9 Å². The number of halogens is 1. The number of hydrogen-bond acceptors (Lipinski definition) is 27. The molecule has 2 saturated carbocycles. The van der Waals surface area contributed by atoms with Crippen LogP contribution in [0.3, 0.4) is 0 Å². The molecule has 2 aliphatic carbocycles. The summed E-state index contributed by atoms with van der Waals surface area (Å²) in [6.07, 6.45) is 14.0. The molecule has 8 heterocycles. The van der Waals surface area contributed by atoms with Gasteiger partial charge in [0.1, 0.15) is 52.8 Å². The van der Waals surface area contributed by atoms with E-state index >= 15 is 0 Å². The van der Waals surface area contributed by atoms with Crippen molar-refractivity contribution in [2.24, 2.45) is 11.8 Å². The number of phenolic OH excluding ortho intramolecular Hbond substituents is 1. The fourth-order valence-corrected chi connectivity index (χ4v) is 20.0. The maximum atomic E-state index is 12.8. The van der Waals surface area contributed by atoms with E-state index in [-0.39, 0.29) is 47.8 Å². The Morgan fingerprint density at radius 3 is 1.35 bits per heavy atom. The van der Waals surface area contributed by atoms with Gasteiger partial charge in [-0.2, -0.15) is 8.42 Å². The van der Waals surface area contributed by atoms with Crippen LogP contribution in [0.5, 0.6) is 17.2 Å². The van der Waals surface area contributed by atoms with E-state index in [1.54, 1.807) is 84.3 Å². The largest absolute Gasteiger partial charge is 0.508 e. The Bertz CT molecular complexity index is 4780. The molecule has 0 bridgehead atoms. The minimum atomic E-state index is -3.98. The number of phenols is 1. The average Bonchev–Trinajstić information content (AvgIpc) is 1.60. The number of nitrogens with zero attached hydrogens (tertiary/aromatic N) is 8. The molecular weight excluding hydrogens is 1680 g/mol. The molecule has 4 aromatic heterocycles. The quantitative estimate of drug-likeness (QED) is 0.0157. The molecule has 0 amide bonds. The zero-order chi connectivity index (χ0) is 84.0. The van der Waals surface area contributed by atoms with Crippen molar-refractivity contribution in [1.82, 2.24) is 38.9 Å². The first-order chi connectivity index (χ1) is 55.0. The topological polar surface area (TPSA) is 346 Å². The molecule has 0 spiro atoms. The molecule has 14 rings (SSSR count). The van der Waals surface area contributed by atoms with Gasteiger partial charge in [-0.15, -0.1) is 0 Å². The summed E-state index contributed by atoms with van der Waals surface area (Å²) in [5, 5.41) is 11.3. The van der Waals surface area contributed by atoms with Gasteiger partial charge in [0.2, 0.25) is 0 Å². The summed E-state index contributed by atoms with van der Waals surface area (Å²) in [7, 11) is -15.0. The first kappa shape index (κ1) is 92.4. The molecule has 29 nitrogen and oxygen atoms in total. The highest BCUT2D eigenvalue weighted by Crippen LogP contribution is 2.52. The van der Waals surface area contributed by atoms with Crippen LogP contribution in [0.4, 0.5) is 11.6 Å². The van der Waals surface area contributed by atoms with Gasteiger partial charge in [0, 0.05) is 46.7 Å². The van der Waals surface area contributed by atoms with Gasteiger partial charge in [-0.05, 0) is 268 Å². The monoisotopic (exact) mass is 1790 g/mol. The highest BCUT2D eigenvalue weighted by Gasteiger charge is 2.53. The Hall–Kier alpha value is -5.90. The van der Waals surface area contributed by atoms with Crippen molar-refractivity contribution in [2.75, 3.05) is 109 Å². The van der Waals surface area contributed by atoms with Crippen LogP contribution in [0.1, 0.15) is 153 Å². The number of ether oxygens (including phenoxy) is 2. The van der Waals surface area contributed by atoms with E-state index in [4.69, 9.17) is 70.9 Å². The molecule has 0 radical (unpaired) electrons. The molecule has 36 heteroatoms. The molecule has 4 aromatic carbocycles. The third-order valence-corrected chi connectivity index (χ3v) is 29.2. The minimum absolute atomic E-state index is 0.00245. The molecule has 634 valence electrons. The van der Waals surface area contributed by atoms with Gasteiger partial charge in [0.25, 0.3) is 10.1 Å². The van der Waals surface area contributed by atoms with Gasteiger partial charge >= 0.3 is 37.0 Å². The van der Waals surface area contributed by atoms with Crippen molar-refractivity contribution >= 4 is 114 Å². The van der Waals surface area contributed by atoms with Crippen LogP contribution >= 0.6 is 45.4 Å². The van der Waals surface area contributed by atoms with Crippen LogP contribution in [0.25, 0.3) is 33.2 Å². The number of nitrogen functional groups attached to an aromatic ring is 2. The Labute approximate surface area is 698 Å². The van der Waals surface area contributed by atoms with Crippen molar-refractivity contribution in [3.05, 3.63) is 131 Å². The predicted molar refractivity (Wildman–Crippen MR) is 462 cm³/mol. The maximum absolute atomic E-state index is 12.8. The summed E-state index contributed by atoms with van der Waals surface area (Å²) < 4.78 is 138. The maximum Gasteiger partial charge on any atom is 0.494 e. The highest BCUT2D eigenvalue weighted by atomic mass is 127. The highest BCUT2D eigenvalue weighted by molar-refractivity contribution is 14.1. The van der Waals surface area contributed by atoms with E-state index < -0.39 is 64.7 Å². The second-order valence-corrected chi connectivity index (χ2v) is 40.1. The van der Waals surface area contributed by atoms with Gasteiger partial charge < -0.3 is 90.7 Å². The van der Waals surface area contributed by atoms with Crippen molar-refractivity contribution in [3.63, 3.8) is 0 Å². The van der Waals surface area contributed by atoms with Crippen LogP contribution in [-0.4, -0.2) is 187 Å². The van der Waals surface area contributed by atoms with Gasteiger partial charge in [0.05, 0.1) is 77.7 Å². The summed E-state index contributed by atoms with van der Waals surface area (Å²) in [5.74, 6) is 4.02. The minimum Gasteiger partial charge on any atom is -0.508 e. The van der Waals surface area contributed by atoms with E-state index in [0.717, 1.165) is 77.9 Å². The van der Waals surface area contributed by atoms with Gasteiger partial charge in [-0.1, -0.05) is 54.1 Å². The van der Waals surface area contributed by atoms with E-state index in [1.807, 2.05) is 111 Å². The van der Waals surface area contributed by atoms with Crippen molar-refractivity contribution in [1.29, 1.82) is 0 Å². The summed E-state index contributed by atoms with van der Waals surface area (Å²) in [6.45, 7) is 37.3. The van der Waals surface area contributed by atoms with Crippen molar-refractivity contribution < 1.29 is 86.6 Å². The number of aryl methyl sites for hydroxylation is 1. The molecule has 6 fully saturated rings. The first-order valence-electron chi connectivity index (χ1n) is 39.9. The Kier molecular flexibility index (Phi) is 32.0. The lowest BCUT2D eigenvalue weighted by Crippen LogP contribution is -2.43. The molecule has 6 aliphatic rings. The number of nitrogens with two attached hydrogens (primary N) is 2. The Balaban J connectivity index is 0.000000157. The van der Waals surface area contributed by atoms with Crippen molar-refractivity contribution in [3.8, 4) is 28.4 Å². The third kappa shape index (κ3) is 23.6. The smallest absolute Gasteiger partial charge is 0.494 e. The van der Waals surface area contributed by atoms with E-state index in [0.29, 0.717) is 61.6 Å². The molecule has 5 N–H and O–H groups in total. The second-order valence-electron chi connectivity index (χ2n) is 31.3. The van der Waals surface area contributed by atoms with Gasteiger partial charge in [-0.25, -0.2) is 19.9 Å². The fourth-order valence-electron chi connectivity index (χ4n) is 13.8. The number of rotatable bonds is 31. The SMILES string of the molecule is CC1(C)OB(c2cccc(O)c2)OC1(C)C.CCOP(=O)(COS(=O)(=O)c1ccc(C)cc1)OCC.CCOP(=O)(COc1cccc(-c2cn(C3CC(CN4CCC4)C3)c3ncnc(N)c23)c1)OCC.CCOP(=O)(COc1cccc(B2OC(C)(C)C(C)(C)O2)c1)OCC.Nc1ncnc2c1c(I)cn2C1CC(CN2CCC2)C1. The Morgan fingerprint density at radius 1 is 0.526 bits per heavy atom. The number of likely N-dealkylation sites (tertiary alicyclic amines) is 2. The number of aromatic nitrogens is 6. The van der Waals surface area contributed by atoms with Crippen LogP contribution in [0.2, 0.25) is 0 Å². The van der Waals surface area contributed by atoms with E-state index in [9.17, 15) is 27.2 Å². The lowest BCUT2D eigenvalue weighted by Gasteiger charge is -2.42. The molecule has 4 saturated heterocycles. The van der Waals surface area contributed by atoms with E-state index in [1.165, 1.54) is 83.4 Å². The summed E-state index contributed by atoms with van der Waals surface area (Å²) in [6, 6.07) is 29.2. The lowest BCUT2D eigenvalue weighted by molar-refractivity contribution is 0.00578. The van der Waals surface area contributed by atoms with Crippen molar-refractivity contribution in [2.45, 2.75) is 182 Å². The molecule has 0 atom stereocenters. The predicted octanol–water partition coefficient (Wildman–Crippen LogP) is 15.4. The molecule has 8 aromatic rings. The lowest BCUT2D eigenvalue weighted by atomic mass is 9.79. The third-order valence-electron chi connectivity index (χ3n) is 21.7. The number of fused-ring (bicyclic) bond motifs is 2. The summed E-state index contributed by atoms with van der Waals surface area (Å²) >= 11 is 2.33. The molecule has 4 aliphatic heterocycles. The van der Waals surface area contributed by atoms with Crippen LogP contribution < -0.4 is 31.9 Å². The van der Waals surface area contributed by atoms with Crippen LogP contribution in [0, 0.1) is 22.3 Å². The summed E-state index contributed by atoms with van der Waals surface area (Å²) in [4.78, 5) is 22.5. The van der Waals surface area contributed by atoms with Gasteiger partial charge in [0.15, 0.2) is 19.0 Å². The Morgan fingerprint density at radius 2 is 0.922 bits per heavy atom. The van der Waals surface area contributed by atoms with Gasteiger partial charge in [-0.3, -0.25) is 17.9 Å². The molecule has 116 heavy (non-hydrogen) atoms. The zero-order valence-electron chi connectivity index (χ0n) is 69.5. The fraction of sp³-hybridized carbons (Fsp3) is 0.550. The second kappa shape index (κ2) is 40.2. The number of anilines is 2. The standard InChI is InChI=1S/C25H34N5O4P.C17H28BO6P.C14H18IN5.C12H17BO3.C12H19O6PS/c1-3-33-35(31,34-4-2)17-32-21-8-5-7-19(13-21)22-15-30(25-23(22)24(26)27-16-28-25)20-11-18(12-20)14-29-9-6-10-29;1-7-21-25(19,22-8-2)13-20-15-11-9-10-14(12-15)18-23-16(3,4)17(5,6)24-18;15-11-7-20(14-12(11)13(16)17-8-18-14)10-4-9(5-10)6-19-2-1-3-19;1-11(2)12(3,4)16-13(15-11)9-6-5-7-10(14)8-9;1-4-16-19(13,17-5-2)10-18-20(14,15)12-8-6-11(3)7-9-12/h5,7-8,13,15-16,18,20H,3-4,6,9-12,14,17H2,1-2H3,(H2,26,27,28);9-12H,7-8,13H2,1-6H3;7-10H,1-6H2,(H2,16,17,18);5-8,14H,1-4H3;6-9H,4-5,10H2,1-3H3.